The van der Waals surface area contributed by atoms with Gasteiger partial charge in [0.1, 0.15) is 0 Å². The predicted octanol–water partition coefficient (Wildman–Crippen LogP) is 0.113. The third-order valence-electron chi connectivity index (χ3n) is 0. The maximum Gasteiger partial charge on any atom is 1.49 e. The highest BCUT2D eigenvalue weighted by molar-refractivity contribution is 14.1. The molecule has 0 unspecified atom stereocenters. The highest BCUT2D eigenvalue weighted by Gasteiger charge is 2.12. The van der Waals surface area contributed by atoms with Crippen molar-refractivity contribution in [2.45, 2.75) is 0 Å². The van der Waals surface area contributed by atoms with E-state index in [9.17, 15) is 0 Å². The molecule has 4 heavy (non-hydrogen) atoms. The largest absolute Gasteiger partial charge is 1.49 e. The van der Waals surface area contributed by atoms with Crippen molar-refractivity contribution in [3.8, 4) is 0 Å². The van der Waals surface area contributed by atoms with Gasteiger partial charge in [0.05, 0.1) is 0 Å². The van der Waals surface area contributed by atoms with Gasteiger partial charge in [0, 0.05) is 7.11 Å². The van der Waals surface area contributed by atoms with Gasteiger partial charge in [0.15, 0.2) is 0 Å². The molecule has 0 saturated carbocycles. The van der Waals surface area contributed by atoms with Gasteiger partial charge in [-0.1, -0.05) is 0 Å². The monoisotopic (exact) mass is 183 g/mol. The first-order valence-electron chi connectivity index (χ1n) is 0.714. The predicted molar refractivity (Wildman–Crippen MR) is 27.9 cm³/mol. The molecule has 1 nitrogen and oxygen atoms in total. The molecule has 3 heteroatoms. The molecule has 0 aliphatic heterocycles. The van der Waals surface area contributed by atoms with E-state index in [1.165, 1.54) is 0 Å². The first kappa shape index (κ1) is 9.07. The molecule has 0 atom stereocenters. The van der Waals surface area contributed by atoms with Crippen LogP contribution in [0.15, 0.2) is 0 Å². The second-order valence-corrected chi connectivity index (χ2v) is 0. The van der Waals surface area contributed by atoms with Crippen LogP contribution in [0.25, 0.3) is 0 Å². The van der Waals surface area contributed by atoms with E-state index in [1.54, 1.807) is 0 Å². The SMILES string of the molecule is CO.[Mg+2][I]. The van der Waals surface area contributed by atoms with Crippen molar-refractivity contribution in [2.24, 2.45) is 0 Å². The van der Waals surface area contributed by atoms with E-state index in [2.05, 4.69) is 18.9 Å². The van der Waals surface area contributed by atoms with E-state index < -0.39 is 0 Å². The van der Waals surface area contributed by atoms with Gasteiger partial charge < -0.3 is 5.11 Å². The minimum Gasteiger partial charge on any atom is -0.400 e. The lowest BCUT2D eigenvalue weighted by atomic mass is 11.8. The quantitative estimate of drug-likeness (QED) is 0.417. The molecule has 0 heterocycles. The summed E-state index contributed by atoms with van der Waals surface area (Å²) in [4.78, 5) is 0. The summed E-state index contributed by atoms with van der Waals surface area (Å²) < 4.78 is 0. The standard InChI is InChI=1S/CH4O.HI.Mg/c1-2;;/h2H,1H3;1H;/q;;+3/p-1. The topological polar surface area (TPSA) is 20.2 Å². The van der Waals surface area contributed by atoms with E-state index in [-0.39, 0.29) is 0 Å². The molecule has 0 aliphatic carbocycles. The van der Waals surface area contributed by atoms with Gasteiger partial charge in [-0.15, -0.1) is 0 Å². The molecule has 0 amide bonds. The molecular weight excluding hydrogens is 179 g/mol. The summed E-state index contributed by atoms with van der Waals surface area (Å²) >= 11 is 4.01. The Morgan fingerprint density at radius 3 is 1.50 bits per heavy atom. The Bertz CT molecular complexity index is 8.00. The molecule has 0 aliphatic rings. The van der Waals surface area contributed by atoms with Crippen LogP contribution in [0.4, 0.5) is 0 Å². The maximum atomic E-state index is 7.00. The Hall–Kier alpha value is 1.46. The van der Waals surface area contributed by atoms with Crippen LogP contribution in [-0.4, -0.2) is 30.0 Å². The molecule has 0 aromatic carbocycles. The van der Waals surface area contributed by atoms with E-state index in [0.717, 1.165) is 7.11 Å². The number of aliphatic hydroxyl groups is 1. The lowest BCUT2D eigenvalue weighted by molar-refractivity contribution is 0.399. The van der Waals surface area contributed by atoms with Crippen LogP contribution >= 0.6 is 18.9 Å². The van der Waals surface area contributed by atoms with Crippen molar-refractivity contribution < 1.29 is 5.11 Å². The Labute approximate surface area is 48.6 Å². The van der Waals surface area contributed by atoms with Crippen molar-refractivity contribution >= 4 is 36.7 Å². The lowest BCUT2D eigenvalue weighted by Crippen LogP contribution is -1.25. The second kappa shape index (κ2) is 25.1. The summed E-state index contributed by atoms with van der Waals surface area (Å²) in [5.74, 6) is 0. The Balaban J connectivity index is 0. The third kappa shape index (κ3) is 9.83. The minimum absolute atomic E-state index is 1.00. The fraction of sp³-hybridized carbons (Fsp3) is 1.00. The van der Waals surface area contributed by atoms with Crippen molar-refractivity contribution in [3.05, 3.63) is 0 Å². The lowest BCUT2D eigenvalue weighted by Gasteiger charge is -1.21. The van der Waals surface area contributed by atoms with Crippen LogP contribution < -0.4 is 0 Å². The summed E-state index contributed by atoms with van der Waals surface area (Å²) in [6.07, 6.45) is 0. The average molecular weight is 183 g/mol. The Morgan fingerprint density at radius 1 is 1.50 bits per heavy atom. The van der Waals surface area contributed by atoms with Crippen molar-refractivity contribution in [1.82, 2.24) is 0 Å². The smallest absolute Gasteiger partial charge is 0.400 e. The van der Waals surface area contributed by atoms with Gasteiger partial charge in [-0.2, -0.15) is 0 Å². The average Bonchev–Trinajstić information content (AvgIpc) is 1.50. The van der Waals surface area contributed by atoms with Gasteiger partial charge in [-0.05, 0) is 0 Å². The van der Waals surface area contributed by atoms with Crippen LogP contribution in [0, 0.1) is 0 Å². The number of rotatable bonds is 0. The van der Waals surface area contributed by atoms with E-state index in [0.29, 0.717) is 0 Å². The highest BCUT2D eigenvalue weighted by atomic mass is 127. The zero-order chi connectivity index (χ0) is 4.00. The van der Waals surface area contributed by atoms with Crippen molar-refractivity contribution in [1.29, 1.82) is 0 Å². The molecule has 0 aromatic rings. The molecule has 21 valence electrons. The molecule has 7 radical (unpaired) electrons. The second-order valence-electron chi connectivity index (χ2n) is 0. The molecular formula is CH4IMgO+2. The van der Waals surface area contributed by atoms with Crippen LogP contribution in [0.1, 0.15) is 0 Å². The van der Waals surface area contributed by atoms with Gasteiger partial charge >= 0.3 is 36.7 Å². The summed E-state index contributed by atoms with van der Waals surface area (Å²) in [7, 11) is 1.00. The number of aliphatic hydroxyl groups excluding tert-OH is 1. The fourth-order valence-electron chi connectivity index (χ4n) is 0. The zero-order valence-corrected chi connectivity index (χ0v) is 6.10. The summed E-state index contributed by atoms with van der Waals surface area (Å²) in [6, 6.07) is 0. The van der Waals surface area contributed by atoms with E-state index in [4.69, 9.17) is 5.11 Å². The summed E-state index contributed by atoms with van der Waals surface area (Å²) in [5.41, 5.74) is 0. The van der Waals surface area contributed by atoms with Crippen molar-refractivity contribution in [2.75, 3.05) is 7.11 Å². The van der Waals surface area contributed by atoms with Gasteiger partial charge in [-0.3, -0.25) is 0 Å². The zero-order valence-electron chi connectivity index (χ0n) is 2.53. The third-order valence-corrected chi connectivity index (χ3v) is 0. The molecule has 0 saturated heterocycles. The van der Waals surface area contributed by atoms with Crippen LogP contribution in [0.5, 0.6) is 0 Å². The van der Waals surface area contributed by atoms with Gasteiger partial charge in [0.2, 0.25) is 0 Å². The Morgan fingerprint density at radius 2 is 1.50 bits per heavy atom. The number of halogens is 1. The first-order chi connectivity index (χ1) is 2.00. The summed E-state index contributed by atoms with van der Waals surface area (Å²) in [6.45, 7) is 0. The molecule has 0 rings (SSSR count). The molecule has 0 spiro atoms. The van der Waals surface area contributed by atoms with Crippen LogP contribution in [0.2, 0.25) is 0 Å². The molecule has 0 aromatic heterocycles. The minimum atomic E-state index is 1.00. The van der Waals surface area contributed by atoms with E-state index in [1.807, 2.05) is 17.8 Å². The summed E-state index contributed by atoms with van der Waals surface area (Å²) in [5, 5.41) is 7.00. The van der Waals surface area contributed by atoms with Crippen LogP contribution in [0.3, 0.4) is 0 Å². The van der Waals surface area contributed by atoms with Gasteiger partial charge in [-0.25, -0.2) is 0 Å². The molecule has 0 fully saturated rings. The Kier molecular flexibility index (Phi) is 56.9. The first-order valence-corrected chi connectivity index (χ1v) is 5.83. The number of hydrogen-bond donors (Lipinski definition) is 1. The normalized spacial score (nSPS) is 3.00. The maximum absolute atomic E-state index is 7.00. The molecule has 0 bridgehead atoms. The van der Waals surface area contributed by atoms with Crippen molar-refractivity contribution in [3.63, 3.8) is 0 Å². The fourth-order valence-corrected chi connectivity index (χ4v) is 0. The van der Waals surface area contributed by atoms with Gasteiger partial charge in [0.25, 0.3) is 0 Å². The highest BCUT2D eigenvalue weighted by Crippen LogP contribution is 1.44. The van der Waals surface area contributed by atoms with E-state index >= 15 is 0 Å². The van der Waals surface area contributed by atoms with Crippen LogP contribution in [-0.2, 0) is 0 Å². The number of hydrogen-bond acceptors (Lipinski definition) is 1. The molecule has 1 N–H and O–H groups in total.